The van der Waals surface area contributed by atoms with E-state index in [0.29, 0.717) is 11.8 Å². The molecule has 0 aliphatic heterocycles. The molecule has 2 aromatic rings. The van der Waals surface area contributed by atoms with Gasteiger partial charge in [0.05, 0.1) is 0 Å². The van der Waals surface area contributed by atoms with Crippen LogP contribution in [0.5, 0.6) is 0 Å². The van der Waals surface area contributed by atoms with Gasteiger partial charge in [0, 0.05) is 25.7 Å². The van der Waals surface area contributed by atoms with Crippen molar-refractivity contribution < 1.29 is 0 Å². The second-order valence-corrected chi connectivity index (χ2v) is 9.24. The summed E-state index contributed by atoms with van der Waals surface area (Å²) in [4.78, 5) is 9.22. The molecular formula is C23H42N6. The van der Waals surface area contributed by atoms with Gasteiger partial charge in [-0.3, -0.25) is 10.2 Å². The number of rotatable bonds is 16. The number of nitrogens with zero attached hydrogens (tertiary/aromatic N) is 4. The lowest BCUT2D eigenvalue weighted by Gasteiger charge is -2.01. The van der Waals surface area contributed by atoms with Crippen LogP contribution in [0.2, 0.25) is 0 Å². The molecule has 0 atom stereocenters. The van der Waals surface area contributed by atoms with Crippen LogP contribution in [0.4, 0.5) is 0 Å². The van der Waals surface area contributed by atoms with Crippen molar-refractivity contribution in [2.24, 2.45) is 11.8 Å². The molecule has 2 aromatic heterocycles. The fourth-order valence-electron chi connectivity index (χ4n) is 3.42. The van der Waals surface area contributed by atoms with Crippen LogP contribution in [-0.2, 0) is 25.7 Å². The smallest absolute Gasteiger partial charge is 0.150 e. The molecule has 0 radical (unpaired) electrons. The lowest BCUT2D eigenvalue weighted by Crippen LogP contribution is -1.94. The van der Waals surface area contributed by atoms with Crippen LogP contribution in [-0.4, -0.2) is 30.4 Å². The van der Waals surface area contributed by atoms with Crippen LogP contribution in [0.1, 0.15) is 109 Å². The zero-order chi connectivity index (χ0) is 20.9. The first-order valence-electron chi connectivity index (χ1n) is 11.8. The standard InChI is InChI=1S/C23H42N6/c1-18(2)14-16-22-24-20(26-28-22)12-10-8-6-5-7-9-11-13-21-25-23(29-27-21)17-15-19(3)4/h18-19H,5-17H2,1-4H3,(H,24,26,28)(H,25,27,29). The third-order valence-electron chi connectivity index (χ3n) is 5.37. The van der Waals surface area contributed by atoms with Gasteiger partial charge in [-0.2, -0.15) is 10.2 Å². The van der Waals surface area contributed by atoms with Crippen LogP contribution < -0.4 is 0 Å². The molecule has 29 heavy (non-hydrogen) atoms. The van der Waals surface area contributed by atoms with E-state index in [2.05, 4.69) is 58.1 Å². The van der Waals surface area contributed by atoms with Gasteiger partial charge in [-0.05, 0) is 37.5 Å². The van der Waals surface area contributed by atoms with Gasteiger partial charge in [-0.1, -0.05) is 59.8 Å². The molecule has 0 bridgehead atoms. The number of H-pyrrole nitrogens is 2. The fraction of sp³-hybridized carbons (Fsp3) is 0.826. The number of hydrogen-bond donors (Lipinski definition) is 2. The molecular weight excluding hydrogens is 360 g/mol. The number of unbranched alkanes of at least 4 members (excludes halogenated alkanes) is 6. The average molecular weight is 403 g/mol. The minimum absolute atomic E-state index is 0.714. The largest absolute Gasteiger partial charge is 0.263 e. The summed E-state index contributed by atoms with van der Waals surface area (Å²) in [6, 6.07) is 0. The summed E-state index contributed by atoms with van der Waals surface area (Å²) in [7, 11) is 0. The summed E-state index contributed by atoms with van der Waals surface area (Å²) in [5, 5.41) is 14.9. The van der Waals surface area contributed by atoms with E-state index in [1.165, 1.54) is 57.8 Å². The first kappa shape index (κ1) is 23.6. The van der Waals surface area contributed by atoms with E-state index < -0.39 is 0 Å². The van der Waals surface area contributed by atoms with Crippen LogP contribution in [0.15, 0.2) is 0 Å². The maximum absolute atomic E-state index is 4.61. The first-order valence-corrected chi connectivity index (χ1v) is 11.8. The Labute approximate surface area is 177 Å². The Morgan fingerprint density at radius 3 is 1.31 bits per heavy atom. The number of aromatic nitrogens is 6. The number of hydrogen-bond acceptors (Lipinski definition) is 4. The molecule has 0 aromatic carbocycles. The summed E-state index contributed by atoms with van der Waals surface area (Å²) >= 11 is 0. The minimum Gasteiger partial charge on any atom is -0.263 e. The van der Waals surface area contributed by atoms with E-state index in [-0.39, 0.29) is 0 Å². The molecule has 2 rings (SSSR count). The molecule has 0 aliphatic carbocycles. The van der Waals surface area contributed by atoms with E-state index in [1.807, 2.05) is 0 Å². The molecule has 6 nitrogen and oxygen atoms in total. The van der Waals surface area contributed by atoms with Gasteiger partial charge >= 0.3 is 0 Å². The molecule has 2 N–H and O–H groups in total. The first-order chi connectivity index (χ1) is 14.0. The number of aromatic amines is 2. The predicted octanol–water partition coefficient (Wildman–Crippen LogP) is 5.62. The number of nitrogens with one attached hydrogen (secondary N) is 2. The van der Waals surface area contributed by atoms with E-state index >= 15 is 0 Å². The quantitative estimate of drug-likeness (QED) is 0.357. The van der Waals surface area contributed by atoms with Crippen molar-refractivity contribution in [3.05, 3.63) is 23.3 Å². The molecule has 0 amide bonds. The second-order valence-electron chi connectivity index (χ2n) is 9.24. The van der Waals surface area contributed by atoms with E-state index in [9.17, 15) is 0 Å². The SMILES string of the molecule is CC(C)CCc1nc(CCCCCCCCCc2n[nH]c(CCC(C)C)n2)n[nH]1. The molecule has 0 unspecified atom stereocenters. The highest BCUT2D eigenvalue weighted by Crippen LogP contribution is 2.12. The molecule has 2 heterocycles. The van der Waals surface area contributed by atoms with Crippen molar-refractivity contribution in [1.82, 2.24) is 30.4 Å². The molecule has 0 spiro atoms. The monoisotopic (exact) mass is 402 g/mol. The average Bonchev–Trinajstić information content (AvgIpc) is 3.32. The van der Waals surface area contributed by atoms with Gasteiger partial charge in [0.25, 0.3) is 0 Å². The minimum atomic E-state index is 0.714. The van der Waals surface area contributed by atoms with E-state index in [0.717, 1.165) is 49.0 Å². The van der Waals surface area contributed by atoms with Gasteiger partial charge in [0.2, 0.25) is 0 Å². The predicted molar refractivity (Wildman–Crippen MR) is 119 cm³/mol. The highest BCUT2D eigenvalue weighted by atomic mass is 15.2. The van der Waals surface area contributed by atoms with Crippen molar-refractivity contribution in [3.8, 4) is 0 Å². The Hall–Kier alpha value is -1.72. The highest BCUT2D eigenvalue weighted by molar-refractivity contribution is 4.91. The zero-order valence-corrected chi connectivity index (χ0v) is 19.1. The lowest BCUT2D eigenvalue weighted by molar-refractivity contribution is 0.570. The molecule has 0 fully saturated rings. The van der Waals surface area contributed by atoms with Crippen molar-refractivity contribution >= 4 is 0 Å². The van der Waals surface area contributed by atoms with Crippen LogP contribution in [0, 0.1) is 11.8 Å². The summed E-state index contributed by atoms with van der Waals surface area (Å²) in [6.07, 6.45) is 15.2. The Morgan fingerprint density at radius 2 is 0.931 bits per heavy atom. The third kappa shape index (κ3) is 10.6. The normalized spacial score (nSPS) is 11.8. The summed E-state index contributed by atoms with van der Waals surface area (Å²) in [6.45, 7) is 8.98. The van der Waals surface area contributed by atoms with Crippen molar-refractivity contribution in [1.29, 1.82) is 0 Å². The third-order valence-corrected chi connectivity index (χ3v) is 5.37. The fourth-order valence-corrected chi connectivity index (χ4v) is 3.42. The Bertz CT molecular complexity index is 602. The van der Waals surface area contributed by atoms with Crippen molar-refractivity contribution in [2.75, 3.05) is 0 Å². The second kappa shape index (κ2) is 13.5. The maximum atomic E-state index is 4.61. The molecule has 0 aliphatic rings. The molecule has 164 valence electrons. The van der Waals surface area contributed by atoms with Gasteiger partial charge in [-0.25, -0.2) is 9.97 Å². The van der Waals surface area contributed by atoms with Crippen LogP contribution in [0.3, 0.4) is 0 Å². The molecule has 0 saturated carbocycles. The van der Waals surface area contributed by atoms with Crippen LogP contribution >= 0.6 is 0 Å². The maximum Gasteiger partial charge on any atom is 0.150 e. The zero-order valence-electron chi connectivity index (χ0n) is 19.1. The summed E-state index contributed by atoms with van der Waals surface area (Å²) < 4.78 is 0. The van der Waals surface area contributed by atoms with Gasteiger partial charge in [0.1, 0.15) is 11.6 Å². The summed E-state index contributed by atoms with van der Waals surface area (Å²) in [5.74, 6) is 5.50. The molecule has 6 heteroatoms. The van der Waals surface area contributed by atoms with Crippen LogP contribution in [0.25, 0.3) is 0 Å². The molecule has 0 saturated heterocycles. The topological polar surface area (TPSA) is 83.1 Å². The Kier molecular flexibility index (Phi) is 11.0. The van der Waals surface area contributed by atoms with Gasteiger partial charge in [0.15, 0.2) is 11.6 Å². The Morgan fingerprint density at radius 1 is 0.552 bits per heavy atom. The lowest BCUT2D eigenvalue weighted by atomic mass is 10.1. The van der Waals surface area contributed by atoms with Gasteiger partial charge in [-0.15, -0.1) is 0 Å². The van der Waals surface area contributed by atoms with Crippen molar-refractivity contribution in [3.63, 3.8) is 0 Å². The number of aryl methyl sites for hydroxylation is 4. The van der Waals surface area contributed by atoms with Crippen molar-refractivity contribution in [2.45, 2.75) is 111 Å². The van der Waals surface area contributed by atoms with E-state index in [1.54, 1.807) is 0 Å². The summed E-state index contributed by atoms with van der Waals surface area (Å²) in [5.41, 5.74) is 0. The Balaban J connectivity index is 1.43. The highest BCUT2D eigenvalue weighted by Gasteiger charge is 2.06. The van der Waals surface area contributed by atoms with E-state index in [4.69, 9.17) is 0 Å². The van der Waals surface area contributed by atoms with Gasteiger partial charge < -0.3 is 0 Å².